The van der Waals surface area contributed by atoms with Crippen molar-refractivity contribution in [2.45, 2.75) is 44.1 Å². The van der Waals surface area contributed by atoms with Crippen LogP contribution < -0.4 is 15.4 Å². The van der Waals surface area contributed by atoms with Crippen LogP contribution in [0.4, 0.5) is 5.82 Å². The van der Waals surface area contributed by atoms with Gasteiger partial charge in [-0.05, 0) is 56.2 Å². The summed E-state index contributed by atoms with van der Waals surface area (Å²) in [5.74, 6) is 1.25. The number of aliphatic hydroxyl groups is 2. The summed E-state index contributed by atoms with van der Waals surface area (Å²) in [5.41, 5.74) is 1.44. The number of ketones is 1. The highest BCUT2D eigenvalue weighted by Gasteiger charge is 2.30. The minimum atomic E-state index is -0.883. The van der Waals surface area contributed by atoms with Gasteiger partial charge in [0.2, 0.25) is 5.91 Å². The zero-order valence-electron chi connectivity index (χ0n) is 21.9. The first kappa shape index (κ1) is 27.3. The van der Waals surface area contributed by atoms with Gasteiger partial charge in [-0.3, -0.25) is 9.59 Å². The number of anilines is 1. The monoisotopic (exact) mass is 545 g/mol. The van der Waals surface area contributed by atoms with Gasteiger partial charge in [-0.25, -0.2) is 9.97 Å². The molecule has 0 saturated carbocycles. The Morgan fingerprint density at radius 3 is 2.52 bits per heavy atom. The minimum Gasteiger partial charge on any atom is -0.457 e. The lowest BCUT2D eigenvalue weighted by molar-refractivity contribution is -0.137. The fraction of sp³-hybridized carbons (Fsp3) is 0.310. The molecule has 0 radical (unpaired) electrons. The van der Waals surface area contributed by atoms with Crippen LogP contribution in [0.3, 0.4) is 0 Å². The number of rotatable bonds is 10. The predicted octanol–water partition coefficient (Wildman–Crippen LogP) is 2.80. The van der Waals surface area contributed by atoms with Crippen LogP contribution in [0.25, 0.3) is 11.0 Å². The molecule has 1 amide bonds. The number of ether oxygens (including phenoxy) is 2. The molecule has 0 bridgehead atoms. The summed E-state index contributed by atoms with van der Waals surface area (Å²) in [6, 6.07) is 15.4. The smallest absolute Gasteiger partial charge is 0.249 e. The van der Waals surface area contributed by atoms with Crippen LogP contribution in [0.2, 0.25) is 0 Å². The SMILES string of the molecule is C[C@@H](O)[C@@H](CO)NC(=O)C1CCC(Nc2ncnc3[nH]cc(C(=O)c4ccc(Oc5ccccc5)cc4)c23)CO1. The maximum atomic E-state index is 13.5. The van der Waals surface area contributed by atoms with Crippen molar-refractivity contribution in [3.8, 4) is 11.5 Å². The second-order valence-electron chi connectivity index (χ2n) is 9.70. The van der Waals surface area contributed by atoms with Gasteiger partial charge in [0.1, 0.15) is 35.4 Å². The Balaban J connectivity index is 1.26. The first-order valence-corrected chi connectivity index (χ1v) is 13.1. The number of amides is 1. The molecule has 208 valence electrons. The fourth-order valence-electron chi connectivity index (χ4n) is 4.57. The number of aromatic amines is 1. The van der Waals surface area contributed by atoms with E-state index >= 15 is 0 Å². The maximum absolute atomic E-state index is 13.5. The average molecular weight is 546 g/mol. The molecule has 1 fully saturated rings. The normalized spacial score (nSPS) is 18.6. The van der Waals surface area contributed by atoms with Gasteiger partial charge in [0.05, 0.1) is 42.4 Å². The van der Waals surface area contributed by atoms with Crippen LogP contribution in [0.5, 0.6) is 11.5 Å². The Kier molecular flexibility index (Phi) is 8.34. The summed E-state index contributed by atoms with van der Waals surface area (Å²) >= 11 is 0. The van der Waals surface area contributed by atoms with Gasteiger partial charge in [0.15, 0.2) is 5.78 Å². The number of nitrogens with one attached hydrogen (secondary N) is 3. The van der Waals surface area contributed by atoms with Crippen LogP contribution >= 0.6 is 0 Å². The van der Waals surface area contributed by atoms with E-state index in [9.17, 15) is 19.8 Å². The molecule has 2 unspecified atom stereocenters. The number of aliphatic hydroxyl groups excluding tert-OH is 2. The number of fused-ring (bicyclic) bond motifs is 1. The number of aromatic nitrogens is 3. The maximum Gasteiger partial charge on any atom is 0.249 e. The average Bonchev–Trinajstić information content (AvgIpc) is 3.42. The lowest BCUT2D eigenvalue weighted by Crippen LogP contribution is -2.51. The van der Waals surface area contributed by atoms with Crippen molar-refractivity contribution in [2.24, 2.45) is 0 Å². The molecule has 5 N–H and O–H groups in total. The minimum absolute atomic E-state index is 0.153. The molecule has 1 saturated heterocycles. The Morgan fingerprint density at radius 1 is 1.10 bits per heavy atom. The number of para-hydroxylation sites is 1. The third-order valence-corrected chi connectivity index (χ3v) is 6.83. The van der Waals surface area contributed by atoms with Crippen molar-refractivity contribution in [2.75, 3.05) is 18.5 Å². The molecule has 11 nitrogen and oxygen atoms in total. The summed E-state index contributed by atoms with van der Waals surface area (Å²) in [6.07, 6.45) is 2.51. The van der Waals surface area contributed by atoms with E-state index in [2.05, 4.69) is 25.6 Å². The molecule has 0 spiro atoms. The molecular weight excluding hydrogens is 514 g/mol. The summed E-state index contributed by atoms with van der Waals surface area (Å²) in [6.45, 7) is 1.37. The number of H-pyrrole nitrogens is 1. The van der Waals surface area contributed by atoms with Crippen molar-refractivity contribution in [3.05, 3.63) is 78.2 Å². The summed E-state index contributed by atoms with van der Waals surface area (Å²) in [4.78, 5) is 37.7. The first-order chi connectivity index (χ1) is 19.4. The summed E-state index contributed by atoms with van der Waals surface area (Å²) in [5, 5.41) is 25.5. The van der Waals surface area contributed by atoms with E-state index in [1.54, 1.807) is 30.5 Å². The molecule has 4 aromatic rings. The first-order valence-electron chi connectivity index (χ1n) is 13.1. The largest absolute Gasteiger partial charge is 0.457 e. The number of hydrogen-bond acceptors (Lipinski definition) is 9. The number of carbonyl (C=O) groups excluding carboxylic acids is 2. The van der Waals surface area contributed by atoms with Crippen LogP contribution in [0.1, 0.15) is 35.7 Å². The fourth-order valence-corrected chi connectivity index (χ4v) is 4.57. The predicted molar refractivity (Wildman–Crippen MR) is 147 cm³/mol. The van der Waals surface area contributed by atoms with Crippen LogP contribution in [-0.4, -0.2) is 74.4 Å². The van der Waals surface area contributed by atoms with Crippen molar-refractivity contribution in [1.82, 2.24) is 20.3 Å². The zero-order valence-corrected chi connectivity index (χ0v) is 21.9. The van der Waals surface area contributed by atoms with E-state index < -0.39 is 18.2 Å². The second kappa shape index (κ2) is 12.2. The molecule has 11 heteroatoms. The topological polar surface area (TPSA) is 159 Å². The Morgan fingerprint density at radius 2 is 1.85 bits per heavy atom. The molecule has 0 aliphatic carbocycles. The number of nitrogens with zero attached hydrogens (tertiary/aromatic N) is 2. The van der Waals surface area contributed by atoms with Gasteiger partial charge in [-0.1, -0.05) is 18.2 Å². The molecule has 2 aromatic heterocycles. The lowest BCUT2D eigenvalue weighted by atomic mass is 10.0. The molecule has 1 aliphatic heterocycles. The molecule has 3 heterocycles. The summed E-state index contributed by atoms with van der Waals surface area (Å²) in [7, 11) is 0. The number of benzene rings is 2. The van der Waals surface area contributed by atoms with Crippen molar-refractivity contribution in [1.29, 1.82) is 0 Å². The number of hydrogen-bond donors (Lipinski definition) is 5. The van der Waals surface area contributed by atoms with Gasteiger partial charge in [0, 0.05) is 11.8 Å². The van der Waals surface area contributed by atoms with Gasteiger partial charge in [-0.15, -0.1) is 0 Å². The van der Waals surface area contributed by atoms with Gasteiger partial charge in [-0.2, -0.15) is 0 Å². The lowest BCUT2D eigenvalue weighted by Gasteiger charge is -2.30. The van der Waals surface area contributed by atoms with E-state index in [1.165, 1.54) is 13.3 Å². The summed E-state index contributed by atoms with van der Waals surface area (Å²) < 4.78 is 11.6. The van der Waals surface area contributed by atoms with Crippen LogP contribution in [0, 0.1) is 0 Å². The van der Waals surface area contributed by atoms with Crippen LogP contribution in [0.15, 0.2) is 67.1 Å². The molecule has 1 aliphatic rings. The molecular formula is C29H31N5O6. The van der Waals surface area contributed by atoms with Crippen molar-refractivity contribution < 1.29 is 29.3 Å². The van der Waals surface area contributed by atoms with E-state index in [0.29, 0.717) is 52.3 Å². The number of carbonyl (C=O) groups is 2. The Hall–Kier alpha value is -4.32. The van der Waals surface area contributed by atoms with E-state index in [1.807, 2.05) is 30.3 Å². The van der Waals surface area contributed by atoms with Gasteiger partial charge < -0.3 is 35.3 Å². The quantitative estimate of drug-likeness (QED) is 0.189. The van der Waals surface area contributed by atoms with Gasteiger partial charge in [0.25, 0.3) is 0 Å². The van der Waals surface area contributed by atoms with Crippen molar-refractivity contribution in [3.63, 3.8) is 0 Å². The third-order valence-electron chi connectivity index (χ3n) is 6.83. The van der Waals surface area contributed by atoms with Crippen molar-refractivity contribution >= 4 is 28.5 Å². The highest BCUT2D eigenvalue weighted by atomic mass is 16.5. The standard InChI is InChI=1S/C29H31N5O6/c1-17(36)23(14-35)34-29(38)24-12-9-19(15-39-24)33-28-25-22(13-30-27(25)31-16-32-28)26(37)18-7-10-21(11-8-18)40-20-5-3-2-4-6-20/h2-8,10-11,13,16-17,19,23-24,35-36H,9,12,14-15H2,1H3,(H,34,38)(H2,30,31,32,33)/t17-,19?,23-,24?/m1/s1. The van der Waals surface area contributed by atoms with Crippen LogP contribution in [-0.2, 0) is 9.53 Å². The highest BCUT2D eigenvalue weighted by molar-refractivity contribution is 6.18. The van der Waals surface area contributed by atoms with Gasteiger partial charge >= 0.3 is 0 Å². The Labute approximate surface area is 230 Å². The van der Waals surface area contributed by atoms with E-state index in [4.69, 9.17) is 9.47 Å². The second-order valence-corrected chi connectivity index (χ2v) is 9.70. The molecule has 40 heavy (non-hydrogen) atoms. The molecule has 2 aromatic carbocycles. The third kappa shape index (κ3) is 6.12. The van der Waals surface area contributed by atoms with E-state index in [0.717, 1.165) is 0 Å². The van der Waals surface area contributed by atoms with E-state index in [-0.39, 0.29) is 30.9 Å². The highest BCUT2D eigenvalue weighted by Crippen LogP contribution is 2.29. The Bertz CT molecular complexity index is 1450. The zero-order chi connectivity index (χ0) is 28.1. The molecule has 4 atom stereocenters. The molecule has 5 rings (SSSR count).